The van der Waals surface area contributed by atoms with Gasteiger partial charge in [-0.2, -0.15) is 13.2 Å². The molecule has 0 saturated carbocycles. The van der Waals surface area contributed by atoms with Crippen molar-refractivity contribution in [2.24, 2.45) is 0 Å². The molecule has 1 nitrogen and oxygen atoms in total. The number of rotatable bonds is 4. The molecule has 0 heterocycles. The standard InChI is InChI=1S/C11H12BrF3O/c1-16-10(11(13,14)15)6-5-8-3-2-4-9(12)7-8/h2-4,7,10H,5-6H2,1H3. The van der Waals surface area contributed by atoms with E-state index in [0.29, 0.717) is 6.42 Å². The molecule has 0 aliphatic rings. The van der Waals surface area contributed by atoms with Crippen LogP contribution in [0.5, 0.6) is 0 Å². The molecule has 0 fully saturated rings. The number of benzene rings is 1. The molecule has 0 radical (unpaired) electrons. The van der Waals surface area contributed by atoms with Crippen molar-refractivity contribution in [3.8, 4) is 0 Å². The summed E-state index contributed by atoms with van der Waals surface area (Å²) in [5, 5.41) is 0. The number of hydrogen-bond acceptors (Lipinski definition) is 1. The summed E-state index contributed by atoms with van der Waals surface area (Å²) in [5.41, 5.74) is 0.862. The van der Waals surface area contributed by atoms with E-state index in [1.165, 1.54) is 0 Å². The largest absolute Gasteiger partial charge is 0.414 e. The predicted octanol–water partition coefficient (Wildman–Crippen LogP) is 3.96. The SMILES string of the molecule is COC(CCc1cccc(Br)c1)C(F)(F)F. The third kappa shape index (κ3) is 4.14. The zero-order valence-corrected chi connectivity index (χ0v) is 10.3. The molecule has 1 atom stereocenters. The van der Waals surface area contributed by atoms with Crippen LogP contribution in [0.2, 0.25) is 0 Å². The lowest BCUT2D eigenvalue weighted by molar-refractivity contribution is -0.214. The van der Waals surface area contributed by atoms with Crippen LogP contribution in [0.25, 0.3) is 0 Å². The van der Waals surface area contributed by atoms with Gasteiger partial charge in [-0.25, -0.2) is 0 Å². The second-order valence-corrected chi connectivity index (χ2v) is 4.35. The first-order valence-electron chi connectivity index (χ1n) is 4.77. The molecule has 1 aromatic rings. The highest BCUT2D eigenvalue weighted by Gasteiger charge is 2.39. The molecule has 0 aliphatic heterocycles. The van der Waals surface area contributed by atoms with Gasteiger partial charge in [0.15, 0.2) is 6.10 Å². The number of halogens is 4. The molecule has 90 valence electrons. The van der Waals surface area contributed by atoms with Crippen molar-refractivity contribution >= 4 is 15.9 Å². The highest BCUT2D eigenvalue weighted by atomic mass is 79.9. The van der Waals surface area contributed by atoms with Crippen molar-refractivity contribution in [2.75, 3.05) is 7.11 Å². The molecule has 0 bridgehead atoms. The van der Waals surface area contributed by atoms with Gasteiger partial charge in [-0.1, -0.05) is 28.1 Å². The van der Waals surface area contributed by atoms with Crippen LogP contribution in [-0.4, -0.2) is 19.4 Å². The zero-order chi connectivity index (χ0) is 12.2. The topological polar surface area (TPSA) is 9.23 Å². The highest BCUT2D eigenvalue weighted by molar-refractivity contribution is 9.10. The van der Waals surface area contributed by atoms with E-state index in [1.54, 1.807) is 12.1 Å². The average Bonchev–Trinajstić information content (AvgIpc) is 2.16. The Morgan fingerprint density at radius 3 is 2.56 bits per heavy atom. The summed E-state index contributed by atoms with van der Waals surface area (Å²) in [6, 6.07) is 7.24. The second-order valence-electron chi connectivity index (χ2n) is 3.43. The van der Waals surface area contributed by atoms with Crippen LogP contribution in [-0.2, 0) is 11.2 Å². The second kappa shape index (κ2) is 5.68. The molecule has 16 heavy (non-hydrogen) atoms. The van der Waals surface area contributed by atoms with Crippen LogP contribution < -0.4 is 0 Å². The van der Waals surface area contributed by atoms with Crippen LogP contribution >= 0.6 is 15.9 Å². The molecule has 0 amide bonds. The summed E-state index contributed by atoms with van der Waals surface area (Å²) in [4.78, 5) is 0. The highest BCUT2D eigenvalue weighted by Crippen LogP contribution is 2.26. The number of aryl methyl sites for hydroxylation is 1. The first-order chi connectivity index (χ1) is 7.43. The third-order valence-corrected chi connectivity index (χ3v) is 2.73. The lowest BCUT2D eigenvalue weighted by Gasteiger charge is -2.18. The fourth-order valence-corrected chi connectivity index (χ4v) is 1.85. The van der Waals surface area contributed by atoms with Gasteiger partial charge >= 0.3 is 6.18 Å². The van der Waals surface area contributed by atoms with Gasteiger partial charge in [0.1, 0.15) is 0 Å². The van der Waals surface area contributed by atoms with Gasteiger partial charge in [-0.05, 0) is 30.5 Å². The Morgan fingerprint density at radius 1 is 1.38 bits per heavy atom. The zero-order valence-electron chi connectivity index (χ0n) is 8.72. The number of alkyl halides is 3. The molecular formula is C11H12BrF3O. The molecule has 0 saturated heterocycles. The monoisotopic (exact) mass is 296 g/mol. The van der Waals surface area contributed by atoms with Crippen LogP contribution in [0, 0.1) is 0 Å². The number of hydrogen-bond donors (Lipinski definition) is 0. The first-order valence-corrected chi connectivity index (χ1v) is 5.56. The Morgan fingerprint density at radius 2 is 2.06 bits per heavy atom. The van der Waals surface area contributed by atoms with E-state index < -0.39 is 12.3 Å². The fraction of sp³-hybridized carbons (Fsp3) is 0.455. The van der Waals surface area contributed by atoms with Crippen molar-refractivity contribution in [1.29, 1.82) is 0 Å². The molecule has 1 rings (SSSR count). The molecule has 0 aliphatic carbocycles. The lowest BCUT2D eigenvalue weighted by Crippen LogP contribution is -2.31. The summed E-state index contributed by atoms with van der Waals surface area (Å²) < 4.78 is 42.4. The normalized spacial score (nSPS) is 13.8. The van der Waals surface area contributed by atoms with Crippen LogP contribution in [0.3, 0.4) is 0 Å². The Kier molecular flexibility index (Phi) is 4.80. The van der Waals surface area contributed by atoms with Crippen molar-refractivity contribution in [3.05, 3.63) is 34.3 Å². The van der Waals surface area contributed by atoms with E-state index >= 15 is 0 Å². The van der Waals surface area contributed by atoms with Crippen molar-refractivity contribution in [2.45, 2.75) is 25.1 Å². The van der Waals surface area contributed by atoms with Gasteiger partial charge in [0.25, 0.3) is 0 Å². The smallest absolute Gasteiger partial charge is 0.372 e. The summed E-state index contributed by atoms with van der Waals surface area (Å²) in [6.07, 6.45) is -5.69. The van der Waals surface area contributed by atoms with Gasteiger partial charge in [-0.3, -0.25) is 0 Å². The molecule has 0 spiro atoms. The van der Waals surface area contributed by atoms with Crippen molar-refractivity contribution < 1.29 is 17.9 Å². The van der Waals surface area contributed by atoms with E-state index in [1.807, 2.05) is 12.1 Å². The van der Waals surface area contributed by atoms with Crippen LogP contribution in [0.1, 0.15) is 12.0 Å². The molecule has 0 aromatic heterocycles. The molecule has 5 heteroatoms. The molecule has 1 aromatic carbocycles. The van der Waals surface area contributed by atoms with Gasteiger partial charge in [0.2, 0.25) is 0 Å². The minimum atomic E-state index is -4.29. The molecular weight excluding hydrogens is 285 g/mol. The summed E-state index contributed by atoms with van der Waals surface area (Å²) in [6.45, 7) is 0. The predicted molar refractivity (Wildman–Crippen MR) is 59.3 cm³/mol. The Bertz CT molecular complexity index is 338. The minimum Gasteiger partial charge on any atom is -0.372 e. The van der Waals surface area contributed by atoms with Crippen molar-refractivity contribution in [1.82, 2.24) is 0 Å². The van der Waals surface area contributed by atoms with Crippen LogP contribution in [0.4, 0.5) is 13.2 Å². The summed E-state index contributed by atoms with van der Waals surface area (Å²) in [7, 11) is 1.08. The Balaban J connectivity index is 2.56. The van der Waals surface area contributed by atoms with E-state index in [-0.39, 0.29) is 6.42 Å². The summed E-state index contributed by atoms with van der Waals surface area (Å²) in [5.74, 6) is 0. The average molecular weight is 297 g/mol. The van der Waals surface area contributed by atoms with E-state index in [0.717, 1.165) is 17.1 Å². The maximum atomic E-state index is 12.4. The maximum absolute atomic E-state index is 12.4. The van der Waals surface area contributed by atoms with Crippen LogP contribution in [0.15, 0.2) is 28.7 Å². The summed E-state index contributed by atoms with van der Waals surface area (Å²) >= 11 is 3.27. The number of methoxy groups -OCH3 is 1. The fourth-order valence-electron chi connectivity index (χ4n) is 1.41. The van der Waals surface area contributed by atoms with E-state index in [2.05, 4.69) is 20.7 Å². The first kappa shape index (κ1) is 13.5. The van der Waals surface area contributed by atoms with E-state index in [9.17, 15) is 13.2 Å². The lowest BCUT2D eigenvalue weighted by atomic mass is 10.1. The van der Waals surface area contributed by atoms with Gasteiger partial charge in [0, 0.05) is 11.6 Å². The Labute approximate surface area is 101 Å². The van der Waals surface area contributed by atoms with Gasteiger partial charge < -0.3 is 4.74 Å². The molecule has 0 N–H and O–H groups in total. The Hall–Kier alpha value is -0.550. The molecule has 1 unspecified atom stereocenters. The quantitative estimate of drug-likeness (QED) is 0.817. The third-order valence-electron chi connectivity index (χ3n) is 2.23. The van der Waals surface area contributed by atoms with Crippen molar-refractivity contribution in [3.63, 3.8) is 0 Å². The van der Waals surface area contributed by atoms with Gasteiger partial charge in [0.05, 0.1) is 0 Å². The maximum Gasteiger partial charge on any atom is 0.414 e. The van der Waals surface area contributed by atoms with E-state index in [4.69, 9.17) is 0 Å². The van der Waals surface area contributed by atoms with Gasteiger partial charge in [-0.15, -0.1) is 0 Å². The number of ether oxygens (including phenoxy) is 1. The minimum absolute atomic E-state index is 0.0591.